The van der Waals surface area contributed by atoms with Gasteiger partial charge in [-0.3, -0.25) is 4.68 Å². The molecule has 0 spiro atoms. The first-order chi connectivity index (χ1) is 8.76. The molecule has 3 heteroatoms. The molecule has 0 amide bonds. The first kappa shape index (κ1) is 13.3. The summed E-state index contributed by atoms with van der Waals surface area (Å²) < 4.78 is 2.04. The monoisotopic (exact) mass is 247 g/mol. The van der Waals surface area contributed by atoms with Gasteiger partial charge in [-0.25, -0.2) is 0 Å². The van der Waals surface area contributed by atoms with Crippen molar-refractivity contribution < 1.29 is 0 Å². The molecule has 0 saturated carbocycles. The number of aryl methyl sites for hydroxylation is 2. The second-order valence-electron chi connectivity index (χ2n) is 5.05. The molecule has 1 aromatic rings. The summed E-state index contributed by atoms with van der Waals surface area (Å²) in [5.41, 5.74) is 4.04. The lowest BCUT2D eigenvalue weighted by atomic mass is 9.92. The van der Waals surface area contributed by atoms with E-state index in [1.807, 2.05) is 4.68 Å². The van der Waals surface area contributed by atoms with E-state index in [1.54, 1.807) is 5.57 Å². The van der Waals surface area contributed by atoms with E-state index in [9.17, 15) is 0 Å². The minimum atomic E-state index is 0.355. The summed E-state index contributed by atoms with van der Waals surface area (Å²) in [7, 11) is 2.06. The van der Waals surface area contributed by atoms with Gasteiger partial charge in [0.2, 0.25) is 0 Å². The van der Waals surface area contributed by atoms with Crippen LogP contribution in [0.1, 0.15) is 57.0 Å². The summed E-state index contributed by atoms with van der Waals surface area (Å²) in [5, 5.41) is 8.19. The maximum atomic E-state index is 4.58. The quantitative estimate of drug-likeness (QED) is 0.810. The molecule has 0 saturated heterocycles. The van der Waals surface area contributed by atoms with Gasteiger partial charge in [0, 0.05) is 7.05 Å². The SMILES string of the molecule is CCNC(C1=CCCCC1)c1cc(CC)nn1C. The van der Waals surface area contributed by atoms with Crippen molar-refractivity contribution in [2.24, 2.45) is 7.05 Å². The molecule has 0 bridgehead atoms. The topological polar surface area (TPSA) is 29.9 Å². The van der Waals surface area contributed by atoms with E-state index in [-0.39, 0.29) is 0 Å². The van der Waals surface area contributed by atoms with Gasteiger partial charge in [0.15, 0.2) is 0 Å². The molecule has 1 heterocycles. The standard InChI is InChI=1S/C15H25N3/c1-4-13-11-14(18(3)17-13)15(16-5-2)12-9-7-6-8-10-12/h9,11,15-16H,4-8,10H2,1-3H3. The Morgan fingerprint density at radius 2 is 2.22 bits per heavy atom. The van der Waals surface area contributed by atoms with Crippen molar-refractivity contribution in [3.05, 3.63) is 29.1 Å². The molecule has 1 unspecified atom stereocenters. The van der Waals surface area contributed by atoms with E-state index in [1.165, 1.54) is 37.1 Å². The van der Waals surface area contributed by atoms with Gasteiger partial charge in [0.25, 0.3) is 0 Å². The third kappa shape index (κ3) is 2.83. The van der Waals surface area contributed by atoms with Crippen LogP contribution in [0.3, 0.4) is 0 Å². The van der Waals surface area contributed by atoms with Gasteiger partial charge < -0.3 is 5.32 Å². The molecule has 1 N–H and O–H groups in total. The van der Waals surface area contributed by atoms with E-state index >= 15 is 0 Å². The first-order valence-corrected chi connectivity index (χ1v) is 7.21. The number of nitrogens with zero attached hydrogens (tertiary/aromatic N) is 2. The number of allylic oxidation sites excluding steroid dienone is 1. The summed E-state index contributed by atoms with van der Waals surface area (Å²) in [4.78, 5) is 0. The van der Waals surface area contributed by atoms with Crippen LogP contribution in [-0.4, -0.2) is 16.3 Å². The van der Waals surface area contributed by atoms with Crippen LogP contribution in [0.4, 0.5) is 0 Å². The summed E-state index contributed by atoms with van der Waals surface area (Å²) >= 11 is 0. The zero-order valence-electron chi connectivity index (χ0n) is 11.9. The van der Waals surface area contributed by atoms with Gasteiger partial charge >= 0.3 is 0 Å². The molecule has 0 aromatic carbocycles. The summed E-state index contributed by atoms with van der Waals surface area (Å²) in [6.45, 7) is 5.33. The van der Waals surface area contributed by atoms with Crippen LogP contribution in [0.5, 0.6) is 0 Å². The number of nitrogens with one attached hydrogen (secondary N) is 1. The van der Waals surface area contributed by atoms with E-state index in [4.69, 9.17) is 0 Å². The van der Waals surface area contributed by atoms with Crippen LogP contribution >= 0.6 is 0 Å². The Morgan fingerprint density at radius 1 is 1.39 bits per heavy atom. The Morgan fingerprint density at radius 3 is 2.78 bits per heavy atom. The summed E-state index contributed by atoms with van der Waals surface area (Å²) in [6, 6.07) is 2.61. The summed E-state index contributed by atoms with van der Waals surface area (Å²) in [5.74, 6) is 0. The van der Waals surface area contributed by atoms with Crippen molar-refractivity contribution in [2.75, 3.05) is 6.54 Å². The Bertz CT molecular complexity index is 417. The third-order valence-corrected chi connectivity index (χ3v) is 3.73. The second-order valence-corrected chi connectivity index (χ2v) is 5.05. The third-order valence-electron chi connectivity index (χ3n) is 3.73. The molecule has 2 rings (SSSR count). The Labute approximate surface area is 110 Å². The van der Waals surface area contributed by atoms with Crippen molar-refractivity contribution >= 4 is 0 Å². The molecule has 0 fully saturated rings. The van der Waals surface area contributed by atoms with Crippen LogP contribution in [0.2, 0.25) is 0 Å². The molecule has 18 heavy (non-hydrogen) atoms. The predicted octanol–water partition coefficient (Wildman–Crippen LogP) is 3.13. The van der Waals surface area contributed by atoms with E-state index in [0.717, 1.165) is 13.0 Å². The maximum Gasteiger partial charge on any atom is 0.0707 e. The lowest BCUT2D eigenvalue weighted by Crippen LogP contribution is -2.25. The molecule has 0 radical (unpaired) electrons. The Balaban J connectivity index is 2.28. The van der Waals surface area contributed by atoms with Crippen molar-refractivity contribution in [3.63, 3.8) is 0 Å². The second kappa shape index (κ2) is 6.19. The van der Waals surface area contributed by atoms with Gasteiger partial charge in [-0.2, -0.15) is 5.10 Å². The molecule has 3 nitrogen and oxygen atoms in total. The Kier molecular flexibility index (Phi) is 4.59. The normalized spacial score (nSPS) is 17.6. The van der Waals surface area contributed by atoms with Gasteiger partial charge in [-0.05, 0) is 44.7 Å². The Hall–Kier alpha value is -1.09. The van der Waals surface area contributed by atoms with Crippen LogP contribution in [0.25, 0.3) is 0 Å². The van der Waals surface area contributed by atoms with E-state index in [0.29, 0.717) is 6.04 Å². The van der Waals surface area contributed by atoms with Crippen LogP contribution in [-0.2, 0) is 13.5 Å². The minimum Gasteiger partial charge on any atom is -0.306 e. The fraction of sp³-hybridized carbons (Fsp3) is 0.667. The van der Waals surface area contributed by atoms with Crippen molar-refractivity contribution in [1.29, 1.82) is 0 Å². The van der Waals surface area contributed by atoms with E-state index < -0.39 is 0 Å². The molecule has 1 aliphatic rings. The zero-order valence-corrected chi connectivity index (χ0v) is 11.9. The smallest absolute Gasteiger partial charge is 0.0707 e. The highest BCUT2D eigenvalue weighted by Gasteiger charge is 2.20. The van der Waals surface area contributed by atoms with Crippen LogP contribution in [0.15, 0.2) is 17.7 Å². The van der Waals surface area contributed by atoms with E-state index in [2.05, 4.69) is 43.5 Å². The van der Waals surface area contributed by atoms with Crippen LogP contribution in [0, 0.1) is 0 Å². The number of likely N-dealkylation sites (N-methyl/N-ethyl adjacent to an activating group) is 1. The predicted molar refractivity (Wildman–Crippen MR) is 75.6 cm³/mol. The van der Waals surface area contributed by atoms with Crippen molar-refractivity contribution in [3.8, 4) is 0 Å². The highest BCUT2D eigenvalue weighted by molar-refractivity contribution is 5.25. The maximum absolute atomic E-state index is 4.58. The number of rotatable bonds is 5. The number of hydrogen-bond acceptors (Lipinski definition) is 2. The molecule has 1 aromatic heterocycles. The fourth-order valence-electron chi connectivity index (χ4n) is 2.74. The molecular weight excluding hydrogens is 222 g/mol. The van der Waals surface area contributed by atoms with Crippen LogP contribution < -0.4 is 5.32 Å². The molecule has 1 atom stereocenters. The first-order valence-electron chi connectivity index (χ1n) is 7.21. The van der Waals surface area contributed by atoms with Gasteiger partial charge in [-0.15, -0.1) is 0 Å². The average molecular weight is 247 g/mol. The lowest BCUT2D eigenvalue weighted by Gasteiger charge is -2.24. The lowest BCUT2D eigenvalue weighted by molar-refractivity contribution is 0.528. The largest absolute Gasteiger partial charge is 0.306 e. The zero-order chi connectivity index (χ0) is 13.0. The molecule has 1 aliphatic carbocycles. The van der Waals surface area contributed by atoms with Crippen molar-refractivity contribution in [2.45, 2.75) is 52.0 Å². The molecule has 0 aliphatic heterocycles. The van der Waals surface area contributed by atoms with Crippen molar-refractivity contribution in [1.82, 2.24) is 15.1 Å². The highest BCUT2D eigenvalue weighted by atomic mass is 15.3. The minimum absolute atomic E-state index is 0.355. The molecular formula is C15H25N3. The highest BCUT2D eigenvalue weighted by Crippen LogP contribution is 2.30. The fourth-order valence-corrected chi connectivity index (χ4v) is 2.74. The van der Waals surface area contributed by atoms with Gasteiger partial charge in [0.1, 0.15) is 0 Å². The van der Waals surface area contributed by atoms with Gasteiger partial charge in [-0.1, -0.05) is 25.5 Å². The number of aromatic nitrogens is 2. The number of hydrogen-bond donors (Lipinski definition) is 1. The van der Waals surface area contributed by atoms with Gasteiger partial charge in [0.05, 0.1) is 17.4 Å². The molecule has 100 valence electrons. The average Bonchev–Trinajstić information content (AvgIpc) is 2.78. The summed E-state index contributed by atoms with van der Waals surface area (Å²) in [6.07, 6.45) is 8.56.